The molecule has 0 bridgehead atoms. The van der Waals surface area contributed by atoms with Gasteiger partial charge in [0.2, 0.25) is 0 Å². The van der Waals surface area contributed by atoms with E-state index in [1.165, 1.54) is 44.1 Å². The van der Waals surface area contributed by atoms with Crippen LogP contribution >= 0.6 is 0 Å². The van der Waals surface area contributed by atoms with Crippen molar-refractivity contribution in [3.63, 3.8) is 0 Å². The van der Waals surface area contributed by atoms with E-state index in [-0.39, 0.29) is 0 Å². The molecule has 1 heteroatoms. The predicted octanol–water partition coefficient (Wildman–Crippen LogP) is 7.06. The zero-order chi connectivity index (χ0) is 15.3. The Labute approximate surface area is 132 Å². The molecular formula is C19H36Sn. The van der Waals surface area contributed by atoms with Crippen LogP contribution in [0.25, 0.3) is 0 Å². The molecule has 0 heterocycles. The second kappa shape index (κ2) is 12.7. The Bertz CT molecular complexity index is 266. The summed E-state index contributed by atoms with van der Waals surface area (Å²) in [5.74, 6) is 0. The van der Waals surface area contributed by atoms with Crippen LogP contribution in [0, 0.1) is 0 Å². The molecule has 0 aliphatic heterocycles. The van der Waals surface area contributed by atoms with Crippen molar-refractivity contribution in [2.24, 2.45) is 0 Å². The first-order chi connectivity index (χ1) is 9.64. The van der Waals surface area contributed by atoms with Gasteiger partial charge in [-0.15, -0.1) is 0 Å². The zero-order valence-corrected chi connectivity index (χ0v) is 17.1. The Morgan fingerprint density at radius 1 is 0.900 bits per heavy atom. The maximum absolute atomic E-state index is 4.16. The van der Waals surface area contributed by atoms with E-state index in [4.69, 9.17) is 0 Å². The number of hydrogen-bond acceptors (Lipinski definition) is 0. The van der Waals surface area contributed by atoms with Gasteiger partial charge >= 0.3 is 132 Å². The van der Waals surface area contributed by atoms with Crippen LogP contribution in [0.5, 0.6) is 0 Å². The van der Waals surface area contributed by atoms with E-state index in [1.807, 2.05) is 6.08 Å². The summed E-state index contributed by atoms with van der Waals surface area (Å²) in [6.07, 6.45) is 13.6. The van der Waals surface area contributed by atoms with Crippen LogP contribution in [0.3, 0.4) is 0 Å². The van der Waals surface area contributed by atoms with Gasteiger partial charge in [-0.05, 0) is 0 Å². The molecule has 0 fully saturated rings. The van der Waals surface area contributed by atoms with Crippen LogP contribution < -0.4 is 0 Å². The van der Waals surface area contributed by atoms with Gasteiger partial charge in [-0.3, -0.25) is 0 Å². The molecule has 0 spiro atoms. The summed E-state index contributed by atoms with van der Waals surface area (Å²) >= 11 is -2.06. The molecule has 0 nitrogen and oxygen atoms in total. The van der Waals surface area contributed by atoms with Crippen LogP contribution in [-0.4, -0.2) is 18.4 Å². The average Bonchev–Trinajstić information content (AvgIpc) is 2.46. The van der Waals surface area contributed by atoms with Gasteiger partial charge in [0.15, 0.2) is 0 Å². The number of rotatable bonds is 13. The second-order valence-corrected chi connectivity index (χ2v) is 19.2. The quantitative estimate of drug-likeness (QED) is 0.181. The van der Waals surface area contributed by atoms with Crippen LogP contribution in [0.4, 0.5) is 0 Å². The third-order valence-electron chi connectivity index (χ3n) is 4.16. The summed E-state index contributed by atoms with van der Waals surface area (Å²) < 4.78 is 7.33. The van der Waals surface area contributed by atoms with Crippen LogP contribution in [0.15, 0.2) is 35.0 Å². The Morgan fingerprint density at radius 3 is 1.70 bits per heavy atom. The van der Waals surface area contributed by atoms with Crippen molar-refractivity contribution in [2.75, 3.05) is 0 Å². The molecule has 20 heavy (non-hydrogen) atoms. The molecule has 0 aliphatic rings. The van der Waals surface area contributed by atoms with Gasteiger partial charge in [-0.25, -0.2) is 0 Å². The Kier molecular flexibility index (Phi) is 12.7. The zero-order valence-electron chi connectivity index (χ0n) is 14.2. The van der Waals surface area contributed by atoms with Crippen molar-refractivity contribution >= 4 is 18.4 Å². The molecule has 0 saturated carbocycles. The first kappa shape index (κ1) is 20.0. The molecule has 0 unspecified atom stereocenters. The van der Waals surface area contributed by atoms with Crippen molar-refractivity contribution in [3.05, 3.63) is 35.0 Å². The number of hydrogen-bond donors (Lipinski definition) is 0. The monoisotopic (exact) mass is 384 g/mol. The third-order valence-corrected chi connectivity index (χ3v) is 18.2. The minimum absolute atomic E-state index is 0.938. The molecule has 0 rings (SSSR count). The van der Waals surface area contributed by atoms with Crippen molar-refractivity contribution in [1.29, 1.82) is 0 Å². The average molecular weight is 383 g/mol. The van der Waals surface area contributed by atoms with Crippen molar-refractivity contribution in [1.82, 2.24) is 0 Å². The predicted molar refractivity (Wildman–Crippen MR) is 98.0 cm³/mol. The summed E-state index contributed by atoms with van der Waals surface area (Å²) in [5.41, 5.74) is 1.24. The molecular weight excluding hydrogens is 347 g/mol. The molecule has 116 valence electrons. The maximum atomic E-state index is 4.16. The SMILES string of the molecule is C=CCC(=C)/C=[CH]/[Sn]([CH2]CCC)([CH2]CCC)[CH2]CCC. The minimum atomic E-state index is -2.06. The van der Waals surface area contributed by atoms with Crippen LogP contribution in [0.2, 0.25) is 13.3 Å². The van der Waals surface area contributed by atoms with Gasteiger partial charge in [0.05, 0.1) is 0 Å². The van der Waals surface area contributed by atoms with Gasteiger partial charge in [0.25, 0.3) is 0 Å². The summed E-state index contributed by atoms with van der Waals surface area (Å²) in [6.45, 7) is 15.0. The fraction of sp³-hybridized carbons (Fsp3) is 0.684. The summed E-state index contributed by atoms with van der Waals surface area (Å²) in [6, 6.07) is 0. The van der Waals surface area contributed by atoms with E-state index in [2.05, 4.69) is 44.1 Å². The molecule has 0 aliphatic carbocycles. The van der Waals surface area contributed by atoms with E-state index in [9.17, 15) is 0 Å². The van der Waals surface area contributed by atoms with Crippen molar-refractivity contribution in [3.8, 4) is 0 Å². The summed E-state index contributed by atoms with van der Waals surface area (Å²) in [4.78, 5) is 0. The molecule has 0 aromatic carbocycles. The number of allylic oxidation sites excluding steroid dienone is 3. The topological polar surface area (TPSA) is 0 Å². The number of unbranched alkanes of at least 4 members (excludes halogenated alkanes) is 3. The molecule has 0 radical (unpaired) electrons. The second-order valence-electron chi connectivity index (χ2n) is 6.16. The van der Waals surface area contributed by atoms with Gasteiger partial charge in [-0.1, -0.05) is 0 Å². The normalized spacial score (nSPS) is 11.9. The molecule has 0 aromatic heterocycles. The molecule has 0 amide bonds. The Balaban J connectivity index is 4.90. The third kappa shape index (κ3) is 9.05. The Hall–Kier alpha value is 0.0187. The van der Waals surface area contributed by atoms with E-state index < -0.39 is 18.4 Å². The fourth-order valence-corrected chi connectivity index (χ4v) is 17.1. The van der Waals surface area contributed by atoms with Crippen molar-refractivity contribution in [2.45, 2.75) is 79.0 Å². The standard InChI is InChI=1S/C7H9.3C4H9.Sn/c1-4-6-7(3)5-2;3*1-3-4-2;/h2,4-5H,1,3,6H2;3*1,3-4H2,2H3;. The molecule has 0 N–H and O–H groups in total. The van der Waals surface area contributed by atoms with Crippen LogP contribution in [0.1, 0.15) is 65.7 Å². The fourth-order valence-electron chi connectivity index (χ4n) is 2.76. The van der Waals surface area contributed by atoms with Crippen molar-refractivity contribution < 1.29 is 0 Å². The summed E-state index contributed by atoms with van der Waals surface area (Å²) in [5, 5.41) is 0. The first-order valence-electron chi connectivity index (χ1n) is 8.62. The van der Waals surface area contributed by atoms with E-state index in [0.29, 0.717) is 0 Å². The van der Waals surface area contributed by atoms with Gasteiger partial charge < -0.3 is 0 Å². The molecule has 0 aromatic rings. The van der Waals surface area contributed by atoms with Gasteiger partial charge in [-0.2, -0.15) is 0 Å². The van der Waals surface area contributed by atoms with Gasteiger partial charge in [0, 0.05) is 0 Å². The first-order valence-corrected chi connectivity index (χ1v) is 16.3. The molecule has 0 atom stereocenters. The van der Waals surface area contributed by atoms with E-state index in [0.717, 1.165) is 6.42 Å². The van der Waals surface area contributed by atoms with Gasteiger partial charge in [0.1, 0.15) is 0 Å². The van der Waals surface area contributed by atoms with E-state index >= 15 is 0 Å². The van der Waals surface area contributed by atoms with E-state index in [1.54, 1.807) is 13.3 Å². The molecule has 0 saturated heterocycles. The van der Waals surface area contributed by atoms with Crippen LogP contribution in [-0.2, 0) is 0 Å². The Morgan fingerprint density at radius 2 is 1.35 bits per heavy atom. The summed E-state index contributed by atoms with van der Waals surface area (Å²) in [7, 11) is 0.